The predicted molar refractivity (Wildman–Crippen MR) is 284 cm³/mol. The van der Waals surface area contributed by atoms with Crippen LogP contribution >= 0.6 is 0 Å². The number of esters is 3. The standard InChI is InChI=1S/C60H114O6/c1-4-7-10-13-16-19-21-23-25-27-29-31-32-34-36-38-41-44-47-50-53-59(62)65-56-57(55-64-58(61)52-49-46-43-40-18-15-12-9-6-3)66-60(63)54-51-48-45-42-39-37-35-33-30-28-26-24-22-20-17-14-11-8-5-2/h24,26,57H,4-23,25,27-56H2,1-3H3/b26-24-. The average Bonchev–Trinajstić information content (AvgIpc) is 3.31. The molecule has 0 N–H and O–H groups in total. The molecule has 1 atom stereocenters. The second-order valence-corrected chi connectivity index (χ2v) is 20.3. The first-order chi connectivity index (χ1) is 32.5. The molecule has 0 rings (SSSR count). The van der Waals surface area contributed by atoms with Crippen LogP contribution in [-0.4, -0.2) is 37.2 Å². The van der Waals surface area contributed by atoms with Gasteiger partial charge in [0.2, 0.25) is 0 Å². The third-order valence-electron chi connectivity index (χ3n) is 13.5. The van der Waals surface area contributed by atoms with Crippen molar-refractivity contribution in [3.05, 3.63) is 12.2 Å². The van der Waals surface area contributed by atoms with Gasteiger partial charge in [-0.15, -0.1) is 0 Å². The average molecular weight is 932 g/mol. The number of unbranched alkanes of at least 4 members (excludes halogenated alkanes) is 42. The van der Waals surface area contributed by atoms with Crippen molar-refractivity contribution >= 4 is 17.9 Å². The molecule has 0 aliphatic carbocycles. The summed E-state index contributed by atoms with van der Waals surface area (Å²) in [5, 5.41) is 0. The largest absolute Gasteiger partial charge is 0.462 e. The van der Waals surface area contributed by atoms with Gasteiger partial charge in [-0.1, -0.05) is 283 Å². The first-order valence-electron chi connectivity index (χ1n) is 29.7. The number of carbonyl (C=O) groups excluding carboxylic acids is 3. The normalized spacial score (nSPS) is 12.0. The minimum Gasteiger partial charge on any atom is -0.462 e. The van der Waals surface area contributed by atoms with Crippen LogP contribution in [0.15, 0.2) is 12.2 Å². The molecule has 1 unspecified atom stereocenters. The Morgan fingerprint density at radius 1 is 0.288 bits per heavy atom. The molecule has 0 bridgehead atoms. The van der Waals surface area contributed by atoms with Gasteiger partial charge in [0.25, 0.3) is 0 Å². The zero-order valence-corrected chi connectivity index (χ0v) is 44.7. The van der Waals surface area contributed by atoms with Gasteiger partial charge in [0.15, 0.2) is 6.10 Å². The van der Waals surface area contributed by atoms with Crippen LogP contribution in [0.25, 0.3) is 0 Å². The van der Waals surface area contributed by atoms with E-state index in [1.165, 1.54) is 238 Å². The summed E-state index contributed by atoms with van der Waals surface area (Å²) >= 11 is 0. The summed E-state index contributed by atoms with van der Waals surface area (Å²) in [6, 6.07) is 0. The lowest BCUT2D eigenvalue weighted by Crippen LogP contribution is -2.30. The van der Waals surface area contributed by atoms with Crippen molar-refractivity contribution in [1.82, 2.24) is 0 Å². The van der Waals surface area contributed by atoms with E-state index in [9.17, 15) is 14.4 Å². The van der Waals surface area contributed by atoms with E-state index in [4.69, 9.17) is 14.2 Å². The molecule has 0 amide bonds. The summed E-state index contributed by atoms with van der Waals surface area (Å²) in [4.78, 5) is 38.1. The highest BCUT2D eigenvalue weighted by molar-refractivity contribution is 5.71. The van der Waals surface area contributed by atoms with Crippen molar-refractivity contribution in [2.24, 2.45) is 0 Å². The van der Waals surface area contributed by atoms with E-state index in [2.05, 4.69) is 32.9 Å². The molecule has 390 valence electrons. The van der Waals surface area contributed by atoms with E-state index >= 15 is 0 Å². The van der Waals surface area contributed by atoms with Gasteiger partial charge in [-0.05, 0) is 44.9 Å². The van der Waals surface area contributed by atoms with E-state index in [1.54, 1.807) is 0 Å². The Labute approximate surface area is 411 Å². The molecule has 0 spiro atoms. The van der Waals surface area contributed by atoms with Crippen LogP contribution in [0.5, 0.6) is 0 Å². The van der Waals surface area contributed by atoms with Crippen molar-refractivity contribution in [3.63, 3.8) is 0 Å². The Kier molecular flexibility index (Phi) is 54.2. The van der Waals surface area contributed by atoms with Gasteiger partial charge in [0, 0.05) is 19.3 Å². The highest BCUT2D eigenvalue weighted by Crippen LogP contribution is 2.17. The van der Waals surface area contributed by atoms with Crippen molar-refractivity contribution in [2.75, 3.05) is 13.2 Å². The highest BCUT2D eigenvalue weighted by atomic mass is 16.6. The molecule has 6 nitrogen and oxygen atoms in total. The van der Waals surface area contributed by atoms with Crippen molar-refractivity contribution in [2.45, 2.75) is 341 Å². The summed E-state index contributed by atoms with van der Waals surface area (Å²) < 4.78 is 16.9. The van der Waals surface area contributed by atoms with Gasteiger partial charge in [0.05, 0.1) is 0 Å². The molecule has 0 aromatic heterocycles. The van der Waals surface area contributed by atoms with E-state index in [0.717, 1.165) is 57.8 Å². The van der Waals surface area contributed by atoms with E-state index in [1.807, 2.05) is 0 Å². The summed E-state index contributed by atoms with van der Waals surface area (Å²) in [5.74, 6) is -0.846. The zero-order valence-electron chi connectivity index (χ0n) is 44.7. The molecule has 0 heterocycles. The lowest BCUT2D eigenvalue weighted by atomic mass is 10.0. The first kappa shape index (κ1) is 64.2. The zero-order chi connectivity index (χ0) is 47.9. The smallest absolute Gasteiger partial charge is 0.306 e. The molecule has 0 fully saturated rings. The van der Waals surface area contributed by atoms with Crippen molar-refractivity contribution in [3.8, 4) is 0 Å². The van der Waals surface area contributed by atoms with E-state index in [0.29, 0.717) is 19.3 Å². The number of carbonyl (C=O) groups is 3. The number of ether oxygens (including phenoxy) is 3. The monoisotopic (exact) mass is 931 g/mol. The maximum atomic E-state index is 12.8. The molecule has 66 heavy (non-hydrogen) atoms. The summed E-state index contributed by atoms with van der Waals surface area (Å²) in [6.45, 7) is 6.67. The topological polar surface area (TPSA) is 78.9 Å². The quantitative estimate of drug-likeness (QED) is 0.0262. The molecule has 0 saturated carbocycles. The van der Waals surface area contributed by atoms with Crippen LogP contribution in [-0.2, 0) is 28.6 Å². The lowest BCUT2D eigenvalue weighted by Gasteiger charge is -2.18. The van der Waals surface area contributed by atoms with Crippen LogP contribution in [0.1, 0.15) is 335 Å². The van der Waals surface area contributed by atoms with Crippen LogP contribution < -0.4 is 0 Å². The second kappa shape index (κ2) is 55.7. The van der Waals surface area contributed by atoms with Crippen molar-refractivity contribution in [1.29, 1.82) is 0 Å². The lowest BCUT2D eigenvalue weighted by molar-refractivity contribution is -0.167. The van der Waals surface area contributed by atoms with Gasteiger partial charge >= 0.3 is 17.9 Å². The second-order valence-electron chi connectivity index (χ2n) is 20.3. The fraction of sp³-hybridized carbons (Fsp3) is 0.917. The number of rotatable bonds is 55. The highest BCUT2D eigenvalue weighted by Gasteiger charge is 2.19. The van der Waals surface area contributed by atoms with Gasteiger partial charge < -0.3 is 14.2 Å². The minimum atomic E-state index is -0.765. The molecule has 0 aromatic rings. The molecule has 0 radical (unpaired) electrons. The molecular weight excluding hydrogens is 817 g/mol. The van der Waals surface area contributed by atoms with Crippen LogP contribution in [0, 0.1) is 0 Å². The fourth-order valence-corrected chi connectivity index (χ4v) is 9.03. The SMILES string of the molecule is CCCCCCCC/C=C\CCCCCCCCCCCC(=O)OC(COC(=O)CCCCCCCCCCC)COC(=O)CCCCCCCCCCCCCCCCCCCCCC. The van der Waals surface area contributed by atoms with E-state index in [-0.39, 0.29) is 31.1 Å². The van der Waals surface area contributed by atoms with Crippen LogP contribution in [0.4, 0.5) is 0 Å². The van der Waals surface area contributed by atoms with Gasteiger partial charge in [-0.2, -0.15) is 0 Å². The molecule has 0 saturated heterocycles. The molecule has 0 aromatic carbocycles. The number of hydrogen-bond donors (Lipinski definition) is 0. The fourth-order valence-electron chi connectivity index (χ4n) is 9.03. The first-order valence-corrected chi connectivity index (χ1v) is 29.7. The summed E-state index contributed by atoms with van der Waals surface area (Å²) in [5.41, 5.74) is 0. The maximum Gasteiger partial charge on any atom is 0.306 e. The van der Waals surface area contributed by atoms with Gasteiger partial charge in [0.1, 0.15) is 13.2 Å². The van der Waals surface area contributed by atoms with Crippen LogP contribution in [0.3, 0.4) is 0 Å². The predicted octanol–water partition coefficient (Wildman–Crippen LogP) is 19.7. The Balaban J connectivity index is 4.20. The summed E-state index contributed by atoms with van der Waals surface area (Å²) in [6.07, 6.45) is 63.6. The molecular formula is C60H114O6. The van der Waals surface area contributed by atoms with Crippen LogP contribution in [0.2, 0.25) is 0 Å². The Morgan fingerprint density at radius 3 is 0.758 bits per heavy atom. The van der Waals surface area contributed by atoms with E-state index < -0.39 is 6.10 Å². The maximum absolute atomic E-state index is 12.8. The minimum absolute atomic E-state index is 0.0649. The Hall–Kier alpha value is -1.85. The Morgan fingerprint density at radius 2 is 0.500 bits per heavy atom. The molecule has 0 aliphatic heterocycles. The molecule has 6 heteroatoms. The third kappa shape index (κ3) is 53.1. The van der Waals surface area contributed by atoms with Crippen molar-refractivity contribution < 1.29 is 28.6 Å². The molecule has 0 aliphatic rings. The number of allylic oxidation sites excluding steroid dienone is 2. The van der Waals surface area contributed by atoms with Gasteiger partial charge in [-0.3, -0.25) is 14.4 Å². The third-order valence-corrected chi connectivity index (χ3v) is 13.5. The summed E-state index contributed by atoms with van der Waals surface area (Å²) in [7, 11) is 0. The Bertz CT molecular complexity index is 1020. The van der Waals surface area contributed by atoms with Gasteiger partial charge in [-0.25, -0.2) is 0 Å². The number of hydrogen-bond acceptors (Lipinski definition) is 6.